The first-order valence-corrected chi connectivity index (χ1v) is 7.47. The lowest BCUT2D eigenvalue weighted by molar-refractivity contribution is 0.100. The van der Waals surface area contributed by atoms with Gasteiger partial charge in [0.25, 0.3) is 0 Å². The van der Waals surface area contributed by atoms with E-state index in [1.54, 1.807) is 41.8 Å². The Kier molecular flexibility index (Phi) is 3.99. The summed E-state index contributed by atoms with van der Waals surface area (Å²) >= 11 is 1.60. The van der Waals surface area contributed by atoms with Crippen LogP contribution in [-0.2, 0) is 0 Å². The summed E-state index contributed by atoms with van der Waals surface area (Å²) < 4.78 is 0. The smallest absolute Gasteiger partial charge is 0.248 e. The second-order valence-electron chi connectivity index (χ2n) is 4.57. The minimum Gasteiger partial charge on any atom is -0.366 e. The van der Waals surface area contributed by atoms with Gasteiger partial charge >= 0.3 is 0 Å². The standard InChI is InChI=1S/C18H12N2OS/c19-18(21)14-7-4-13(5-8-14)6-9-15-10-11-17(22-15)16-3-1-2-12-20-16/h1-5,7-8,10-12H,(H2,19,21). The van der Waals surface area contributed by atoms with Crippen LogP contribution in [0.25, 0.3) is 10.6 Å². The van der Waals surface area contributed by atoms with Crippen LogP contribution in [0.1, 0.15) is 20.8 Å². The molecule has 0 aliphatic heterocycles. The number of amides is 1. The van der Waals surface area contributed by atoms with E-state index in [1.165, 1.54) is 0 Å². The van der Waals surface area contributed by atoms with Crippen LogP contribution >= 0.6 is 11.3 Å². The van der Waals surface area contributed by atoms with Crippen LogP contribution in [0.5, 0.6) is 0 Å². The Balaban J connectivity index is 1.80. The third-order valence-electron chi connectivity index (χ3n) is 3.02. The van der Waals surface area contributed by atoms with Crippen LogP contribution in [-0.4, -0.2) is 10.9 Å². The first kappa shape index (κ1) is 14.1. The van der Waals surface area contributed by atoms with E-state index >= 15 is 0 Å². The molecule has 0 fully saturated rings. The second kappa shape index (κ2) is 6.25. The van der Waals surface area contributed by atoms with Gasteiger partial charge in [-0.2, -0.15) is 0 Å². The summed E-state index contributed by atoms with van der Waals surface area (Å²) in [4.78, 5) is 17.4. The lowest BCUT2D eigenvalue weighted by atomic mass is 10.1. The molecule has 0 aliphatic rings. The summed E-state index contributed by atoms with van der Waals surface area (Å²) in [5, 5.41) is 0. The monoisotopic (exact) mass is 304 g/mol. The Morgan fingerprint density at radius 1 is 1.00 bits per heavy atom. The Labute approximate surface area is 132 Å². The number of carbonyl (C=O) groups is 1. The first-order chi connectivity index (χ1) is 10.7. The van der Waals surface area contributed by atoms with Crippen LogP contribution in [0, 0.1) is 11.8 Å². The van der Waals surface area contributed by atoms with Crippen molar-refractivity contribution in [3.63, 3.8) is 0 Å². The highest BCUT2D eigenvalue weighted by atomic mass is 32.1. The minimum absolute atomic E-state index is 0.433. The van der Waals surface area contributed by atoms with Gasteiger partial charge in [-0.05, 0) is 48.5 Å². The molecule has 0 bridgehead atoms. The average molecular weight is 304 g/mol. The fourth-order valence-electron chi connectivity index (χ4n) is 1.90. The van der Waals surface area contributed by atoms with E-state index in [9.17, 15) is 4.79 Å². The number of aromatic nitrogens is 1. The lowest BCUT2D eigenvalue weighted by Crippen LogP contribution is -2.10. The summed E-state index contributed by atoms with van der Waals surface area (Å²) in [6.07, 6.45) is 1.78. The summed E-state index contributed by atoms with van der Waals surface area (Å²) in [5.41, 5.74) is 7.49. The molecule has 0 atom stereocenters. The highest BCUT2D eigenvalue weighted by molar-refractivity contribution is 7.16. The maximum atomic E-state index is 11.0. The largest absolute Gasteiger partial charge is 0.366 e. The molecule has 4 heteroatoms. The van der Waals surface area contributed by atoms with Crippen LogP contribution < -0.4 is 5.73 Å². The molecule has 0 aliphatic carbocycles. The minimum atomic E-state index is -0.433. The second-order valence-corrected chi connectivity index (χ2v) is 5.65. The van der Waals surface area contributed by atoms with Crippen molar-refractivity contribution in [3.8, 4) is 22.4 Å². The van der Waals surface area contributed by atoms with Gasteiger partial charge < -0.3 is 5.73 Å². The predicted octanol–water partition coefficient (Wildman–Crippen LogP) is 3.31. The zero-order valence-corrected chi connectivity index (χ0v) is 12.4. The Morgan fingerprint density at radius 2 is 1.82 bits per heavy atom. The lowest BCUT2D eigenvalue weighted by Gasteiger charge is -1.94. The van der Waals surface area contributed by atoms with E-state index in [0.29, 0.717) is 5.56 Å². The van der Waals surface area contributed by atoms with Gasteiger partial charge in [-0.25, -0.2) is 0 Å². The summed E-state index contributed by atoms with van der Waals surface area (Å²) in [6.45, 7) is 0. The van der Waals surface area contributed by atoms with Crippen molar-refractivity contribution in [1.29, 1.82) is 0 Å². The molecule has 1 aromatic carbocycles. The number of rotatable bonds is 2. The molecule has 0 unspecified atom stereocenters. The third kappa shape index (κ3) is 3.22. The number of nitrogens with two attached hydrogens (primary N) is 1. The maximum Gasteiger partial charge on any atom is 0.248 e. The number of primary amides is 1. The SMILES string of the molecule is NC(=O)c1ccc(C#Cc2ccc(-c3ccccn3)s2)cc1. The van der Waals surface area contributed by atoms with Gasteiger partial charge in [-0.1, -0.05) is 17.9 Å². The number of carbonyl (C=O) groups excluding carboxylic acids is 1. The van der Waals surface area contributed by atoms with E-state index in [2.05, 4.69) is 16.8 Å². The van der Waals surface area contributed by atoms with Gasteiger partial charge in [0, 0.05) is 17.3 Å². The fraction of sp³-hybridized carbons (Fsp3) is 0. The third-order valence-corrected chi connectivity index (χ3v) is 4.05. The molecule has 0 spiro atoms. The molecule has 0 saturated carbocycles. The first-order valence-electron chi connectivity index (χ1n) is 6.65. The number of nitrogens with zero attached hydrogens (tertiary/aromatic N) is 1. The van der Waals surface area contributed by atoms with Crippen molar-refractivity contribution >= 4 is 17.2 Å². The molecule has 3 rings (SSSR count). The van der Waals surface area contributed by atoms with Crippen LogP contribution in [0.4, 0.5) is 0 Å². The number of hydrogen-bond donors (Lipinski definition) is 1. The molecule has 2 heterocycles. The number of thiophene rings is 1. The molecule has 2 N–H and O–H groups in total. The molecule has 3 nitrogen and oxygen atoms in total. The number of benzene rings is 1. The normalized spacial score (nSPS) is 9.82. The quantitative estimate of drug-likeness (QED) is 0.738. The maximum absolute atomic E-state index is 11.0. The van der Waals surface area contributed by atoms with Crippen molar-refractivity contribution in [1.82, 2.24) is 4.98 Å². The van der Waals surface area contributed by atoms with Crippen LogP contribution in [0.15, 0.2) is 60.8 Å². The Hall–Kier alpha value is -2.90. The Bertz CT molecular complexity index is 855. The van der Waals surface area contributed by atoms with Gasteiger partial charge in [-0.15, -0.1) is 11.3 Å². The van der Waals surface area contributed by atoms with Crippen molar-refractivity contribution in [2.45, 2.75) is 0 Å². The molecular weight excluding hydrogens is 292 g/mol. The van der Waals surface area contributed by atoms with Crippen LogP contribution in [0.2, 0.25) is 0 Å². The van der Waals surface area contributed by atoms with Gasteiger partial charge in [-0.3, -0.25) is 9.78 Å². The van der Waals surface area contributed by atoms with E-state index in [-0.39, 0.29) is 0 Å². The average Bonchev–Trinajstić information content (AvgIpc) is 3.03. The van der Waals surface area contributed by atoms with Gasteiger partial charge in [0.1, 0.15) is 0 Å². The molecule has 2 aromatic heterocycles. The van der Waals surface area contributed by atoms with E-state index in [1.807, 2.05) is 30.3 Å². The van der Waals surface area contributed by atoms with Crippen LogP contribution in [0.3, 0.4) is 0 Å². The molecule has 106 valence electrons. The Morgan fingerprint density at radius 3 is 2.50 bits per heavy atom. The van der Waals surface area contributed by atoms with Crippen molar-refractivity contribution in [3.05, 3.63) is 76.8 Å². The highest BCUT2D eigenvalue weighted by Gasteiger charge is 2.02. The molecule has 0 radical (unpaired) electrons. The van der Waals surface area contributed by atoms with Gasteiger partial charge in [0.05, 0.1) is 15.4 Å². The van der Waals surface area contributed by atoms with E-state index < -0.39 is 5.91 Å². The summed E-state index contributed by atoms with van der Waals surface area (Å²) in [5.74, 6) is 5.77. The molecule has 0 saturated heterocycles. The van der Waals surface area contributed by atoms with Crippen molar-refractivity contribution < 1.29 is 4.79 Å². The molecule has 3 aromatic rings. The number of pyridine rings is 1. The zero-order valence-electron chi connectivity index (χ0n) is 11.6. The highest BCUT2D eigenvalue weighted by Crippen LogP contribution is 2.25. The fourth-order valence-corrected chi connectivity index (χ4v) is 2.74. The zero-order chi connectivity index (χ0) is 15.4. The topological polar surface area (TPSA) is 56.0 Å². The van der Waals surface area contributed by atoms with Gasteiger partial charge in [0.15, 0.2) is 0 Å². The van der Waals surface area contributed by atoms with E-state index in [0.717, 1.165) is 21.0 Å². The van der Waals surface area contributed by atoms with Gasteiger partial charge in [0.2, 0.25) is 5.91 Å². The van der Waals surface area contributed by atoms with Crippen molar-refractivity contribution in [2.75, 3.05) is 0 Å². The number of hydrogen-bond acceptors (Lipinski definition) is 3. The molecule has 1 amide bonds. The molecular formula is C18H12N2OS. The summed E-state index contributed by atoms with van der Waals surface area (Å²) in [6, 6.07) is 16.8. The van der Waals surface area contributed by atoms with E-state index in [4.69, 9.17) is 5.73 Å². The predicted molar refractivity (Wildman–Crippen MR) is 88.5 cm³/mol. The molecule has 22 heavy (non-hydrogen) atoms. The van der Waals surface area contributed by atoms with Crippen molar-refractivity contribution in [2.24, 2.45) is 5.73 Å². The summed E-state index contributed by atoms with van der Waals surface area (Å²) in [7, 11) is 0.